The van der Waals surface area contributed by atoms with Gasteiger partial charge in [0.15, 0.2) is 11.5 Å². The Morgan fingerprint density at radius 3 is 2.68 bits per heavy atom. The normalized spacial score (nSPS) is 20.5. The van der Waals surface area contributed by atoms with E-state index in [0.29, 0.717) is 49.9 Å². The van der Waals surface area contributed by atoms with Crippen LogP contribution in [0.5, 0.6) is 11.5 Å². The molecule has 2 atom stereocenters. The number of likely N-dealkylation sites (tertiary alicyclic amines) is 1. The summed E-state index contributed by atoms with van der Waals surface area (Å²) in [5.74, 6) is 0.289. The van der Waals surface area contributed by atoms with Crippen molar-refractivity contribution in [3.05, 3.63) is 17.7 Å². The van der Waals surface area contributed by atoms with Gasteiger partial charge in [-0.1, -0.05) is 0 Å². The highest BCUT2D eigenvalue weighted by atomic mass is 16.6. The Morgan fingerprint density at radius 2 is 2.00 bits per heavy atom. The number of rotatable bonds is 7. The number of hydrogen-bond acceptors (Lipinski definition) is 8. The molecule has 0 aliphatic carbocycles. The Kier molecular flexibility index (Phi) is 8.62. The maximum Gasteiger partial charge on any atom is 0.414 e. The summed E-state index contributed by atoms with van der Waals surface area (Å²) >= 11 is 0. The number of β-amino-alcohol motifs (C(OH)–C–C–N with tert-alkyl or cyclic N) is 1. The Hall–Kier alpha value is -2.56. The summed E-state index contributed by atoms with van der Waals surface area (Å²) in [6, 6.07) is 3.24. The number of anilines is 1. The van der Waals surface area contributed by atoms with Crippen molar-refractivity contribution in [3.8, 4) is 11.5 Å². The third-order valence-electron chi connectivity index (χ3n) is 5.89. The number of benzene rings is 1. The minimum Gasteiger partial charge on any atom is -0.486 e. The summed E-state index contributed by atoms with van der Waals surface area (Å²) in [6.07, 6.45) is 0.305. The van der Waals surface area contributed by atoms with Gasteiger partial charge in [-0.3, -0.25) is 9.69 Å². The Labute approximate surface area is 200 Å². The van der Waals surface area contributed by atoms with Crippen molar-refractivity contribution in [2.75, 3.05) is 57.9 Å². The van der Waals surface area contributed by atoms with Gasteiger partial charge in [0.1, 0.15) is 18.8 Å². The van der Waals surface area contributed by atoms with Crippen LogP contribution in [0.4, 0.5) is 10.5 Å². The highest BCUT2D eigenvalue weighted by molar-refractivity contribution is 6.00. The van der Waals surface area contributed by atoms with E-state index in [1.165, 1.54) is 4.90 Å². The first-order valence-corrected chi connectivity index (χ1v) is 11.8. The number of nitrogens with zero attached hydrogens (tertiary/aromatic N) is 2. The van der Waals surface area contributed by atoms with Gasteiger partial charge in [-0.25, -0.2) is 4.79 Å². The Balaban J connectivity index is 1.71. The molecule has 0 bridgehead atoms. The molecule has 2 aliphatic heterocycles. The van der Waals surface area contributed by atoms with Gasteiger partial charge in [0.2, 0.25) is 0 Å². The number of aliphatic hydroxyl groups is 2. The van der Waals surface area contributed by atoms with Crippen LogP contribution >= 0.6 is 0 Å². The molecule has 0 radical (unpaired) electrons. The van der Waals surface area contributed by atoms with Crippen molar-refractivity contribution in [1.29, 1.82) is 0 Å². The molecular formula is C24H37N3O7. The van der Waals surface area contributed by atoms with Crippen LogP contribution < -0.4 is 19.7 Å². The molecule has 34 heavy (non-hydrogen) atoms. The van der Waals surface area contributed by atoms with Crippen molar-refractivity contribution < 1.29 is 34.0 Å². The summed E-state index contributed by atoms with van der Waals surface area (Å²) in [4.78, 5) is 29.1. The van der Waals surface area contributed by atoms with E-state index in [1.54, 1.807) is 40.0 Å². The second-order valence-electron chi connectivity index (χ2n) is 9.76. The van der Waals surface area contributed by atoms with Crippen molar-refractivity contribution in [1.82, 2.24) is 10.2 Å². The van der Waals surface area contributed by atoms with Gasteiger partial charge in [0.05, 0.1) is 17.4 Å². The van der Waals surface area contributed by atoms with Gasteiger partial charge in [-0.15, -0.1) is 0 Å². The number of carbonyl (C=O) groups is 2. The molecule has 3 N–H and O–H groups in total. The van der Waals surface area contributed by atoms with E-state index < -0.39 is 17.8 Å². The lowest BCUT2D eigenvalue weighted by Gasteiger charge is -2.36. The second kappa shape index (κ2) is 11.2. The molecular weight excluding hydrogens is 442 g/mol. The lowest BCUT2D eigenvalue weighted by Crippen LogP contribution is -2.48. The summed E-state index contributed by atoms with van der Waals surface area (Å²) in [6.45, 7) is 8.53. The zero-order valence-electron chi connectivity index (χ0n) is 20.5. The molecule has 2 aliphatic rings. The van der Waals surface area contributed by atoms with Crippen LogP contribution in [0, 0.1) is 5.92 Å². The van der Waals surface area contributed by atoms with Crippen LogP contribution in [0.1, 0.15) is 44.0 Å². The number of piperidine rings is 1. The van der Waals surface area contributed by atoms with Crippen molar-refractivity contribution >= 4 is 17.7 Å². The fourth-order valence-electron chi connectivity index (χ4n) is 4.04. The second-order valence-corrected chi connectivity index (χ2v) is 9.76. The van der Waals surface area contributed by atoms with Gasteiger partial charge in [-0.05, 0) is 46.2 Å². The number of aliphatic hydroxyl groups excluding tert-OH is 2. The molecule has 0 spiro atoms. The molecule has 0 aromatic heterocycles. The number of fused-ring (bicyclic) bond motifs is 1. The molecule has 2 amide bonds. The first-order valence-electron chi connectivity index (χ1n) is 11.8. The molecule has 1 saturated heterocycles. The fraction of sp³-hybridized carbons (Fsp3) is 0.667. The van der Waals surface area contributed by atoms with E-state index in [-0.39, 0.29) is 24.0 Å². The number of ether oxygens (including phenoxy) is 3. The lowest BCUT2D eigenvalue weighted by atomic mass is 9.93. The monoisotopic (exact) mass is 479 g/mol. The molecule has 2 heterocycles. The third kappa shape index (κ3) is 6.74. The van der Waals surface area contributed by atoms with E-state index >= 15 is 0 Å². The van der Waals surface area contributed by atoms with Gasteiger partial charge in [-0.2, -0.15) is 0 Å². The zero-order valence-corrected chi connectivity index (χ0v) is 20.5. The summed E-state index contributed by atoms with van der Waals surface area (Å²) < 4.78 is 16.9. The van der Waals surface area contributed by atoms with Crippen molar-refractivity contribution in [3.63, 3.8) is 0 Å². The lowest BCUT2D eigenvalue weighted by molar-refractivity contribution is 0.0201. The minimum absolute atomic E-state index is 0.0741. The van der Waals surface area contributed by atoms with Crippen LogP contribution in [0.2, 0.25) is 0 Å². The van der Waals surface area contributed by atoms with Crippen LogP contribution in [0.3, 0.4) is 0 Å². The number of nitrogens with one attached hydrogen (secondary N) is 1. The standard InChI is InChI=1S/C24H37N3O7/c1-24(2,3)34-23(31)26(4)17-12-18(21-20(13-17)32-10-11-33-21)22(30)25-14-16-6-8-27(7-5-9-28)15-19(16)29/h12-13,16,19,28-29H,5-11,14-15H2,1-4H3,(H,25,30)/t16-,19+/m0/s1. The Bertz CT molecular complexity index is 871. The molecule has 1 aromatic rings. The van der Waals surface area contributed by atoms with Crippen LogP contribution in [0.15, 0.2) is 12.1 Å². The van der Waals surface area contributed by atoms with E-state index in [1.807, 2.05) is 0 Å². The smallest absolute Gasteiger partial charge is 0.414 e. The van der Waals surface area contributed by atoms with Crippen molar-refractivity contribution in [2.24, 2.45) is 5.92 Å². The molecule has 3 rings (SSSR count). The molecule has 0 saturated carbocycles. The maximum atomic E-state index is 13.1. The van der Waals surface area contributed by atoms with Gasteiger partial charge in [0.25, 0.3) is 5.91 Å². The van der Waals surface area contributed by atoms with E-state index in [9.17, 15) is 14.7 Å². The van der Waals surface area contributed by atoms with Gasteiger partial charge >= 0.3 is 6.09 Å². The number of amides is 2. The quantitative estimate of drug-likeness (QED) is 0.540. The third-order valence-corrected chi connectivity index (χ3v) is 5.89. The highest BCUT2D eigenvalue weighted by Crippen LogP contribution is 2.38. The van der Waals surface area contributed by atoms with E-state index in [4.69, 9.17) is 19.3 Å². The van der Waals surface area contributed by atoms with Crippen LogP contribution in [-0.4, -0.2) is 91.9 Å². The summed E-state index contributed by atoms with van der Waals surface area (Å²) in [5, 5.41) is 22.4. The van der Waals surface area contributed by atoms with E-state index in [0.717, 1.165) is 19.5 Å². The average Bonchev–Trinajstić information content (AvgIpc) is 2.79. The zero-order chi connectivity index (χ0) is 24.9. The maximum absolute atomic E-state index is 13.1. The van der Waals surface area contributed by atoms with Gasteiger partial charge in [0, 0.05) is 45.3 Å². The fourth-order valence-corrected chi connectivity index (χ4v) is 4.04. The van der Waals surface area contributed by atoms with Gasteiger partial charge < -0.3 is 34.6 Å². The predicted molar refractivity (Wildman–Crippen MR) is 127 cm³/mol. The predicted octanol–water partition coefficient (Wildman–Crippen LogP) is 1.62. The van der Waals surface area contributed by atoms with Crippen LogP contribution in [0.25, 0.3) is 0 Å². The topological polar surface area (TPSA) is 121 Å². The minimum atomic E-state index is -0.659. The van der Waals surface area contributed by atoms with E-state index in [2.05, 4.69) is 10.2 Å². The molecule has 190 valence electrons. The Morgan fingerprint density at radius 1 is 1.26 bits per heavy atom. The molecule has 10 nitrogen and oxygen atoms in total. The number of carbonyl (C=O) groups excluding carboxylic acids is 2. The SMILES string of the molecule is CN(C(=O)OC(C)(C)C)c1cc2c(c(C(=O)NC[C@@H]3CCN(CCCO)C[C@H]3O)c1)OCCO2. The average molecular weight is 480 g/mol. The van der Waals surface area contributed by atoms with Crippen LogP contribution in [-0.2, 0) is 4.74 Å². The molecule has 0 unspecified atom stereocenters. The highest BCUT2D eigenvalue weighted by Gasteiger charge is 2.30. The first kappa shape index (κ1) is 26.1. The summed E-state index contributed by atoms with van der Waals surface area (Å²) in [5.41, 5.74) is 0.0480. The molecule has 10 heteroatoms. The number of hydrogen-bond donors (Lipinski definition) is 3. The van der Waals surface area contributed by atoms with Crippen molar-refractivity contribution in [2.45, 2.75) is 45.3 Å². The molecule has 1 fully saturated rings. The largest absolute Gasteiger partial charge is 0.486 e. The molecule has 1 aromatic carbocycles. The first-order chi connectivity index (χ1) is 16.1. The summed E-state index contributed by atoms with van der Waals surface area (Å²) in [7, 11) is 1.57.